The first-order chi connectivity index (χ1) is 15.3. The van der Waals surface area contributed by atoms with Gasteiger partial charge in [0.1, 0.15) is 5.75 Å². The van der Waals surface area contributed by atoms with Crippen LogP contribution in [0.1, 0.15) is 21.5 Å². The number of hydrogen-bond donors (Lipinski definition) is 1. The minimum Gasteiger partial charge on any atom is -0.478 e. The minimum absolute atomic E-state index is 0.105. The van der Waals surface area contributed by atoms with Gasteiger partial charge in [-0.2, -0.15) is 5.26 Å². The van der Waals surface area contributed by atoms with Crippen LogP contribution in [-0.4, -0.2) is 20.9 Å². The van der Waals surface area contributed by atoms with E-state index in [0.29, 0.717) is 16.7 Å². The molecule has 0 aromatic heterocycles. The summed E-state index contributed by atoms with van der Waals surface area (Å²) in [6, 6.07) is 17.3. The average Bonchev–Trinajstić information content (AvgIpc) is 2.78. The van der Waals surface area contributed by atoms with E-state index in [2.05, 4.69) is 6.07 Å². The Morgan fingerprint density at radius 2 is 1.56 bits per heavy atom. The highest BCUT2D eigenvalue weighted by Gasteiger charge is 2.21. The van der Waals surface area contributed by atoms with Crippen LogP contribution >= 0.6 is 0 Å². The topological polar surface area (TPSA) is 157 Å². The molecule has 0 spiro atoms. The lowest BCUT2D eigenvalue weighted by Crippen LogP contribution is -1.96. The van der Waals surface area contributed by atoms with Gasteiger partial charge in [0.25, 0.3) is 5.69 Å². The van der Waals surface area contributed by atoms with Gasteiger partial charge < -0.3 is 9.84 Å². The van der Waals surface area contributed by atoms with Crippen molar-refractivity contribution in [1.82, 2.24) is 0 Å². The Morgan fingerprint density at radius 3 is 2.09 bits per heavy atom. The number of aromatic carboxylic acids is 1. The lowest BCUT2D eigenvalue weighted by molar-refractivity contribution is -0.394. The highest BCUT2D eigenvalue weighted by Crippen LogP contribution is 2.34. The van der Waals surface area contributed by atoms with Crippen LogP contribution in [-0.2, 0) is 0 Å². The van der Waals surface area contributed by atoms with E-state index < -0.39 is 27.2 Å². The van der Waals surface area contributed by atoms with Crippen molar-refractivity contribution in [3.63, 3.8) is 0 Å². The fourth-order valence-corrected chi connectivity index (χ4v) is 2.75. The number of nitriles is 1. The van der Waals surface area contributed by atoms with Crippen LogP contribution in [0.4, 0.5) is 11.4 Å². The first-order valence-corrected chi connectivity index (χ1v) is 8.95. The fraction of sp³-hybridized carbons (Fsp3) is 0. The molecule has 1 N–H and O–H groups in total. The predicted octanol–water partition coefficient (Wildman–Crippen LogP) is 5.06. The van der Waals surface area contributed by atoms with Gasteiger partial charge in [0, 0.05) is 6.07 Å². The van der Waals surface area contributed by atoms with Crippen molar-refractivity contribution in [2.24, 2.45) is 0 Å². The van der Waals surface area contributed by atoms with Gasteiger partial charge in [-0.15, -0.1) is 0 Å². The van der Waals surface area contributed by atoms with E-state index >= 15 is 0 Å². The molecule has 10 heteroatoms. The van der Waals surface area contributed by atoms with Gasteiger partial charge in [-0.05, 0) is 47.5 Å². The number of benzene rings is 3. The molecule has 0 atom stereocenters. The molecule has 0 aliphatic rings. The second kappa shape index (κ2) is 9.19. The largest absolute Gasteiger partial charge is 0.478 e. The molecule has 32 heavy (non-hydrogen) atoms. The third-order valence-corrected chi connectivity index (χ3v) is 4.33. The maximum atomic E-state index is 11.2. The third-order valence-electron chi connectivity index (χ3n) is 4.33. The zero-order chi connectivity index (χ0) is 23.3. The highest BCUT2D eigenvalue weighted by atomic mass is 16.6. The molecule has 0 fully saturated rings. The second-order valence-corrected chi connectivity index (χ2v) is 6.39. The molecule has 0 saturated carbocycles. The van der Waals surface area contributed by atoms with Gasteiger partial charge in [0.15, 0.2) is 0 Å². The van der Waals surface area contributed by atoms with Crippen molar-refractivity contribution in [2.45, 2.75) is 0 Å². The average molecular weight is 431 g/mol. The van der Waals surface area contributed by atoms with Gasteiger partial charge in [-0.3, -0.25) is 20.2 Å². The van der Waals surface area contributed by atoms with E-state index in [1.807, 2.05) is 0 Å². The molecule has 0 unspecified atom stereocenters. The molecule has 0 aliphatic carbocycles. The smallest absolute Gasteiger partial charge is 0.335 e. The minimum atomic E-state index is -1.07. The first-order valence-electron chi connectivity index (χ1n) is 8.95. The van der Waals surface area contributed by atoms with Crippen LogP contribution in [0.2, 0.25) is 0 Å². The van der Waals surface area contributed by atoms with Crippen molar-refractivity contribution in [2.75, 3.05) is 0 Å². The summed E-state index contributed by atoms with van der Waals surface area (Å²) in [5.74, 6) is -0.966. The molecule has 0 saturated heterocycles. The molecule has 0 radical (unpaired) electrons. The number of rotatable bonds is 7. The van der Waals surface area contributed by atoms with Gasteiger partial charge in [0.2, 0.25) is 5.75 Å². The Morgan fingerprint density at radius 1 is 0.938 bits per heavy atom. The Labute approximate surface area is 180 Å². The normalized spacial score (nSPS) is 10.8. The molecular formula is C22H13N3O7. The zero-order valence-corrected chi connectivity index (χ0v) is 16.2. The van der Waals surface area contributed by atoms with Gasteiger partial charge >= 0.3 is 11.7 Å². The van der Waals surface area contributed by atoms with Crippen molar-refractivity contribution < 1.29 is 24.5 Å². The molecule has 0 aliphatic heterocycles. The lowest BCUT2D eigenvalue weighted by Gasteiger charge is -2.07. The highest BCUT2D eigenvalue weighted by molar-refractivity contribution is 5.92. The quantitative estimate of drug-likeness (QED) is 0.235. The first kappa shape index (κ1) is 21.7. The number of non-ortho nitro benzene ring substituents is 1. The van der Waals surface area contributed by atoms with Crippen molar-refractivity contribution >= 4 is 29.0 Å². The number of carboxylic acids is 1. The van der Waals surface area contributed by atoms with Crippen molar-refractivity contribution in [1.29, 1.82) is 5.26 Å². The van der Waals surface area contributed by atoms with E-state index in [0.717, 1.165) is 18.2 Å². The molecule has 10 nitrogen and oxygen atoms in total. The summed E-state index contributed by atoms with van der Waals surface area (Å²) in [6.45, 7) is 0. The summed E-state index contributed by atoms with van der Waals surface area (Å²) in [7, 11) is 0. The van der Waals surface area contributed by atoms with Crippen LogP contribution in [0.5, 0.6) is 11.5 Å². The molecule has 158 valence electrons. The summed E-state index contributed by atoms with van der Waals surface area (Å²) < 4.78 is 5.51. The molecule has 0 bridgehead atoms. The molecular weight excluding hydrogens is 418 g/mol. The summed E-state index contributed by atoms with van der Waals surface area (Å²) in [5, 5.41) is 40.5. The maximum absolute atomic E-state index is 11.2. The predicted molar refractivity (Wildman–Crippen MR) is 113 cm³/mol. The Balaban J connectivity index is 1.83. The monoisotopic (exact) mass is 431 g/mol. The number of allylic oxidation sites excluding steroid dienone is 1. The summed E-state index contributed by atoms with van der Waals surface area (Å²) in [4.78, 5) is 31.5. The Hall–Kier alpha value is -5.04. The fourth-order valence-electron chi connectivity index (χ4n) is 2.75. The van der Waals surface area contributed by atoms with Crippen LogP contribution < -0.4 is 4.74 Å². The number of nitrogens with zero attached hydrogens (tertiary/aromatic N) is 3. The number of carboxylic acid groups (broad SMARTS) is 1. The number of carbonyl (C=O) groups is 1. The molecule has 3 rings (SSSR count). The molecule has 3 aromatic carbocycles. The molecule has 0 heterocycles. The Kier molecular flexibility index (Phi) is 6.22. The van der Waals surface area contributed by atoms with Crippen LogP contribution in [0.15, 0.2) is 66.7 Å². The van der Waals surface area contributed by atoms with Crippen LogP contribution in [0, 0.1) is 31.6 Å². The van der Waals surface area contributed by atoms with E-state index in [1.54, 1.807) is 18.2 Å². The second-order valence-electron chi connectivity index (χ2n) is 6.39. The van der Waals surface area contributed by atoms with E-state index in [9.17, 15) is 30.3 Å². The zero-order valence-electron chi connectivity index (χ0n) is 16.2. The summed E-state index contributed by atoms with van der Waals surface area (Å²) in [5.41, 5.74) is 0.618. The van der Waals surface area contributed by atoms with E-state index in [4.69, 9.17) is 9.84 Å². The van der Waals surface area contributed by atoms with E-state index in [-0.39, 0.29) is 17.1 Å². The number of nitro benzene ring substituents is 2. The maximum Gasteiger partial charge on any atom is 0.335 e. The van der Waals surface area contributed by atoms with Gasteiger partial charge in [0.05, 0.1) is 33.1 Å². The number of ether oxygens (including phenoxy) is 1. The summed E-state index contributed by atoms with van der Waals surface area (Å²) in [6.07, 6.45) is 1.59. The molecule has 3 aromatic rings. The van der Waals surface area contributed by atoms with Gasteiger partial charge in [-0.25, -0.2) is 4.79 Å². The van der Waals surface area contributed by atoms with Gasteiger partial charge in [-0.1, -0.05) is 24.3 Å². The number of hydrogen-bond acceptors (Lipinski definition) is 7. The van der Waals surface area contributed by atoms with E-state index in [1.165, 1.54) is 36.4 Å². The Bertz CT molecular complexity index is 1270. The summed E-state index contributed by atoms with van der Waals surface area (Å²) >= 11 is 0. The SMILES string of the molecule is N#C/C(=C/c1ccc(Oc2ccc([N+](=O)[O-])cc2[N+](=O)[O-])cc1)c1ccc(C(=O)O)cc1. The third kappa shape index (κ3) is 4.92. The van der Waals surface area contributed by atoms with Crippen molar-refractivity contribution in [3.8, 4) is 17.6 Å². The van der Waals surface area contributed by atoms with Crippen LogP contribution in [0.3, 0.4) is 0 Å². The standard InChI is InChI=1S/C22H13N3O7/c23-13-17(15-3-5-16(6-4-15)22(26)27)11-14-1-8-19(9-2-14)32-21-10-7-18(24(28)29)12-20(21)25(30)31/h1-12H,(H,26,27)/b17-11-. The lowest BCUT2D eigenvalue weighted by atomic mass is 10.0. The van der Waals surface area contributed by atoms with Crippen LogP contribution in [0.25, 0.3) is 11.6 Å². The molecule has 0 amide bonds. The number of nitro groups is 2. The van der Waals surface area contributed by atoms with Crippen molar-refractivity contribution in [3.05, 3.63) is 104 Å².